The lowest BCUT2D eigenvalue weighted by atomic mass is 10.2. The fraction of sp³-hybridized carbons (Fsp3) is 0.273. The van der Waals surface area contributed by atoms with Crippen LogP contribution in [-0.4, -0.2) is 32.6 Å². The third-order valence-electron chi connectivity index (χ3n) is 2.31. The van der Waals surface area contributed by atoms with Crippen molar-refractivity contribution in [3.05, 3.63) is 36.2 Å². The van der Waals surface area contributed by atoms with Crippen molar-refractivity contribution in [2.45, 2.75) is 13.5 Å². The second kappa shape index (κ2) is 5.76. The summed E-state index contributed by atoms with van der Waals surface area (Å²) in [6.07, 6.45) is 4.62. The standard InChI is InChI=1S/C11H14N6O/c1-2-13-9-5-12-4-3-8(9)11(18)14-6-10-15-7-16-17-10/h3-5,7,13H,2,6H2,1H3,(H,14,18)(H,15,16,17). The van der Waals surface area contributed by atoms with Gasteiger partial charge in [0, 0.05) is 12.7 Å². The minimum Gasteiger partial charge on any atom is -0.383 e. The average Bonchev–Trinajstić information content (AvgIpc) is 2.90. The number of carbonyl (C=O) groups excluding carboxylic acids is 1. The van der Waals surface area contributed by atoms with Crippen LogP contribution >= 0.6 is 0 Å². The first-order valence-electron chi connectivity index (χ1n) is 5.61. The SMILES string of the molecule is CCNc1cnccc1C(=O)NCc1ncn[nH]1. The van der Waals surface area contributed by atoms with Gasteiger partial charge in [-0.3, -0.25) is 14.9 Å². The molecule has 0 atom stereocenters. The molecular weight excluding hydrogens is 232 g/mol. The summed E-state index contributed by atoms with van der Waals surface area (Å²) in [5.41, 5.74) is 1.28. The van der Waals surface area contributed by atoms with Gasteiger partial charge in [0.25, 0.3) is 5.91 Å². The van der Waals surface area contributed by atoms with E-state index < -0.39 is 0 Å². The van der Waals surface area contributed by atoms with Crippen molar-refractivity contribution in [3.63, 3.8) is 0 Å². The van der Waals surface area contributed by atoms with Crippen LogP contribution in [0.3, 0.4) is 0 Å². The molecule has 0 aromatic carbocycles. The van der Waals surface area contributed by atoms with E-state index in [-0.39, 0.29) is 5.91 Å². The maximum Gasteiger partial charge on any atom is 0.253 e. The highest BCUT2D eigenvalue weighted by Gasteiger charge is 2.10. The summed E-state index contributed by atoms with van der Waals surface area (Å²) in [7, 11) is 0. The molecule has 7 nitrogen and oxygen atoms in total. The second-order valence-electron chi connectivity index (χ2n) is 3.57. The minimum absolute atomic E-state index is 0.176. The monoisotopic (exact) mass is 246 g/mol. The minimum atomic E-state index is -0.176. The lowest BCUT2D eigenvalue weighted by Crippen LogP contribution is -2.24. The number of aromatic amines is 1. The zero-order chi connectivity index (χ0) is 12.8. The summed E-state index contributed by atoms with van der Waals surface area (Å²) in [5.74, 6) is 0.437. The lowest BCUT2D eigenvalue weighted by molar-refractivity contribution is 0.0950. The van der Waals surface area contributed by atoms with E-state index >= 15 is 0 Å². The quantitative estimate of drug-likeness (QED) is 0.716. The summed E-state index contributed by atoms with van der Waals surface area (Å²) in [6, 6.07) is 1.67. The Balaban J connectivity index is 2.04. The second-order valence-corrected chi connectivity index (χ2v) is 3.57. The van der Waals surface area contributed by atoms with E-state index in [0.29, 0.717) is 17.9 Å². The van der Waals surface area contributed by atoms with Crippen molar-refractivity contribution in [1.29, 1.82) is 0 Å². The maximum absolute atomic E-state index is 12.0. The van der Waals surface area contributed by atoms with Crippen LogP contribution in [0.25, 0.3) is 0 Å². The zero-order valence-corrected chi connectivity index (χ0v) is 9.97. The number of nitrogens with zero attached hydrogens (tertiary/aromatic N) is 3. The first kappa shape index (κ1) is 12.0. The number of rotatable bonds is 5. The zero-order valence-electron chi connectivity index (χ0n) is 9.97. The normalized spacial score (nSPS) is 10.1. The Labute approximate surface area is 104 Å². The Bertz CT molecular complexity index is 510. The van der Waals surface area contributed by atoms with Crippen molar-refractivity contribution in [2.75, 3.05) is 11.9 Å². The molecule has 3 N–H and O–H groups in total. The van der Waals surface area contributed by atoms with Crippen LogP contribution in [-0.2, 0) is 6.54 Å². The highest BCUT2D eigenvalue weighted by Crippen LogP contribution is 2.12. The Morgan fingerprint density at radius 2 is 2.39 bits per heavy atom. The molecule has 0 radical (unpaired) electrons. The molecule has 2 rings (SSSR count). The third kappa shape index (κ3) is 2.82. The van der Waals surface area contributed by atoms with Gasteiger partial charge in [0.05, 0.1) is 24.0 Å². The van der Waals surface area contributed by atoms with Crippen LogP contribution in [0.5, 0.6) is 0 Å². The Kier molecular flexibility index (Phi) is 3.85. The van der Waals surface area contributed by atoms with Crippen molar-refractivity contribution in [3.8, 4) is 0 Å². The number of anilines is 1. The van der Waals surface area contributed by atoms with E-state index in [0.717, 1.165) is 12.2 Å². The maximum atomic E-state index is 12.0. The first-order valence-corrected chi connectivity index (χ1v) is 5.61. The molecule has 18 heavy (non-hydrogen) atoms. The molecule has 0 spiro atoms. The van der Waals surface area contributed by atoms with E-state index in [2.05, 4.69) is 30.8 Å². The Morgan fingerprint density at radius 3 is 3.11 bits per heavy atom. The predicted molar refractivity (Wildman–Crippen MR) is 66.0 cm³/mol. The van der Waals surface area contributed by atoms with E-state index in [1.54, 1.807) is 18.5 Å². The van der Waals surface area contributed by atoms with Gasteiger partial charge in [0.1, 0.15) is 12.2 Å². The van der Waals surface area contributed by atoms with Gasteiger partial charge >= 0.3 is 0 Å². The number of hydrogen-bond acceptors (Lipinski definition) is 5. The molecule has 0 unspecified atom stereocenters. The number of amides is 1. The highest BCUT2D eigenvalue weighted by molar-refractivity contribution is 5.99. The molecule has 0 aliphatic heterocycles. The molecule has 0 saturated carbocycles. The molecule has 0 bridgehead atoms. The van der Waals surface area contributed by atoms with Gasteiger partial charge in [-0.25, -0.2) is 4.98 Å². The van der Waals surface area contributed by atoms with Crippen LogP contribution in [0.2, 0.25) is 0 Å². The smallest absolute Gasteiger partial charge is 0.253 e. The van der Waals surface area contributed by atoms with E-state index in [1.807, 2.05) is 6.92 Å². The third-order valence-corrected chi connectivity index (χ3v) is 2.31. The average molecular weight is 246 g/mol. The van der Waals surface area contributed by atoms with Crippen LogP contribution in [0.1, 0.15) is 23.1 Å². The molecule has 2 aromatic heterocycles. The summed E-state index contributed by atoms with van der Waals surface area (Å²) in [4.78, 5) is 19.9. The molecule has 2 aromatic rings. The van der Waals surface area contributed by atoms with Crippen LogP contribution in [0.15, 0.2) is 24.8 Å². The van der Waals surface area contributed by atoms with Crippen molar-refractivity contribution >= 4 is 11.6 Å². The van der Waals surface area contributed by atoms with Crippen LogP contribution < -0.4 is 10.6 Å². The lowest BCUT2D eigenvalue weighted by Gasteiger charge is -2.09. The fourth-order valence-electron chi connectivity index (χ4n) is 1.50. The van der Waals surface area contributed by atoms with E-state index in [9.17, 15) is 4.79 Å². The summed E-state index contributed by atoms with van der Waals surface area (Å²) in [6.45, 7) is 3.00. The van der Waals surface area contributed by atoms with Gasteiger partial charge in [-0.15, -0.1) is 0 Å². The van der Waals surface area contributed by atoms with Gasteiger partial charge in [-0.1, -0.05) is 0 Å². The van der Waals surface area contributed by atoms with Gasteiger partial charge in [0.15, 0.2) is 0 Å². The largest absolute Gasteiger partial charge is 0.383 e. The van der Waals surface area contributed by atoms with Crippen LogP contribution in [0, 0.1) is 0 Å². The van der Waals surface area contributed by atoms with E-state index in [1.165, 1.54) is 6.33 Å². The molecule has 94 valence electrons. The molecule has 0 aliphatic carbocycles. The number of pyridine rings is 1. The number of carbonyl (C=O) groups is 1. The summed E-state index contributed by atoms with van der Waals surface area (Å²) in [5, 5.41) is 12.2. The molecule has 1 amide bonds. The summed E-state index contributed by atoms with van der Waals surface area (Å²) < 4.78 is 0. The van der Waals surface area contributed by atoms with Crippen molar-refractivity contribution < 1.29 is 4.79 Å². The number of nitrogens with one attached hydrogen (secondary N) is 3. The Morgan fingerprint density at radius 1 is 1.50 bits per heavy atom. The number of hydrogen-bond donors (Lipinski definition) is 3. The fourth-order valence-corrected chi connectivity index (χ4v) is 1.50. The molecule has 7 heteroatoms. The van der Waals surface area contributed by atoms with Gasteiger partial charge < -0.3 is 10.6 Å². The predicted octanol–water partition coefficient (Wildman–Crippen LogP) is 0.561. The number of aromatic nitrogens is 4. The first-order chi connectivity index (χ1) is 8.81. The van der Waals surface area contributed by atoms with E-state index in [4.69, 9.17) is 0 Å². The van der Waals surface area contributed by atoms with Gasteiger partial charge in [0.2, 0.25) is 0 Å². The number of H-pyrrole nitrogens is 1. The highest BCUT2D eigenvalue weighted by atomic mass is 16.1. The molecule has 0 saturated heterocycles. The topological polar surface area (TPSA) is 95.6 Å². The molecule has 2 heterocycles. The molecular formula is C11H14N6O. The van der Waals surface area contributed by atoms with Gasteiger partial charge in [-0.2, -0.15) is 5.10 Å². The van der Waals surface area contributed by atoms with Crippen molar-refractivity contribution in [2.24, 2.45) is 0 Å². The summed E-state index contributed by atoms with van der Waals surface area (Å²) >= 11 is 0. The Hall–Kier alpha value is -2.44. The molecule has 0 aliphatic rings. The molecule has 0 fully saturated rings. The van der Waals surface area contributed by atoms with Crippen molar-refractivity contribution in [1.82, 2.24) is 25.5 Å². The van der Waals surface area contributed by atoms with Crippen LogP contribution in [0.4, 0.5) is 5.69 Å². The van der Waals surface area contributed by atoms with Gasteiger partial charge in [-0.05, 0) is 13.0 Å².